The summed E-state index contributed by atoms with van der Waals surface area (Å²) < 4.78 is 11.6. The lowest BCUT2D eigenvalue weighted by molar-refractivity contribution is -0.113. The Morgan fingerprint density at radius 2 is 1.93 bits per heavy atom. The number of hydrogen-bond acceptors (Lipinski definition) is 5. The molecular formula is C20H15BrClNO4S. The van der Waals surface area contributed by atoms with E-state index >= 15 is 0 Å². The fourth-order valence-corrected chi connectivity index (χ4v) is 3.90. The molecule has 0 spiro atoms. The van der Waals surface area contributed by atoms with Gasteiger partial charge in [0, 0.05) is 9.50 Å². The maximum atomic E-state index is 12.8. The number of amides is 2. The van der Waals surface area contributed by atoms with Crippen molar-refractivity contribution in [2.75, 3.05) is 18.6 Å². The van der Waals surface area contributed by atoms with Crippen LogP contribution in [0, 0.1) is 0 Å². The molecule has 1 saturated heterocycles. The molecule has 0 aliphatic carbocycles. The lowest BCUT2D eigenvalue weighted by atomic mass is 10.1. The van der Waals surface area contributed by atoms with Gasteiger partial charge in [-0.2, -0.15) is 0 Å². The highest BCUT2D eigenvalue weighted by molar-refractivity contribution is 9.10. The summed E-state index contributed by atoms with van der Waals surface area (Å²) in [5.74, 6) is 0.657. The quantitative estimate of drug-likeness (QED) is 0.380. The van der Waals surface area contributed by atoms with Crippen molar-refractivity contribution in [3.05, 3.63) is 69.0 Å². The molecule has 0 aromatic heterocycles. The highest BCUT2D eigenvalue weighted by Crippen LogP contribution is 2.39. The Bertz CT molecular complexity index is 975. The van der Waals surface area contributed by atoms with Crippen LogP contribution in [0.4, 0.5) is 10.5 Å². The first-order valence-electron chi connectivity index (χ1n) is 8.09. The molecule has 8 heteroatoms. The van der Waals surface area contributed by atoms with Gasteiger partial charge in [-0.05, 0) is 59.8 Å². The highest BCUT2D eigenvalue weighted by Gasteiger charge is 2.36. The smallest absolute Gasteiger partial charge is 0.298 e. The van der Waals surface area contributed by atoms with Crippen LogP contribution in [0.15, 0.2) is 58.4 Å². The first-order chi connectivity index (χ1) is 13.4. The van der Waals surface area contributed by atoms with Crippen molar-refractivity contribution in [3.8, 4) is 11.5 Å². The Morgan fingerprint density at radius 3 is 2.57 bits per heavy atom. The first-order valence-corrected chi connectivity index (χ1v) is 10.1. The summed E-state index contributed by atoms with van der Waals surface area (Å²) in [6.45, 7) is 3.96. The average molecular weight is 481 g/mol. The summed E-state index contributed by atoms with van der Waals surface area (Å²) in [5.41, 5.74) is 1.16. The van der Waals surface area contributed by atoms with Crippen LogP contribution >= 0.6 is 39.3 Å². The van der Waals surface area contributed by atoms with Gasteiger partial charge in [0.1, 0.15) is 6.61 Å². The van der Waals surface area contributed by atoms with Crippen molar-refractivity contribution < 1.29 is 19.1 Å². The number of carbonyl (C=O) groups is 2. The SMILES string of the molecule is C=CCOc1cc(Br)c(/C=C2/SC(=O)N(c3ccc(Cl)cc3)C2=O)cc1OC. The van der Waals surface area contributed by atoms with E-state index in [2.05, 4.69) is 22.5 Å². The Balaban J connectivity index is 1.93. The minimum Gasteiger partial charge on any atom is -0.493 e. The minimum atomic E-state index is -0.393. The number of anilines is 1. The van der Waals surface area contributed by atoms with E-state index in [0.717, 1.165) is 16.7 Å². The van der Waals surface area contributed by atoms with E-state index in [-0.39, 0.29) is 5.24 Å². The monoisotopic (exact) mass is 479 g/mol. The molecule has 144 valence electrons. The van der Waals surface area contributed by atoms with Gasteiger partial charge in [-0.3, -0.25) is 9.59 Å². The molecule has 0 saturated carbocycles. The molecule has 0 radical (unpaired) electrons. The summed E-state index contributed by atoms with van der Waals surface area (Å²) in [5, 5.41) is 0.161. The number of ether oxygens (including phenoxy) is 2. The first kappa shape index (κ1) is 20.5. The van der Waals surface area contributed by atoms with Crippen LogP contribution in [-0.2, 0) is 4.79 Å². The Kier molecular flexibility index (Phi) is 6.49. The molecule has 0 N–H and O–H groups in total. The molecule has 1 heterocycles. The topological polar surface area (TPSA) is 55.8 Å². The van der Waals surface area contributed by atoms with E-state index in [1.54, 1.807) is 48.6 Å². The second-order valence-electron chi connectivity index (χ2n) is 5.62. The van der Waals surface area contributed by atoms with Crippen molar-refractivity contribution >= 4 is 62.2 Å². The molecule has 0 bridgehead atoms. The number of methoxy groups -OCH3 is 1. The van der Waals surface area contributed by atoms with Gasteiger partial charge in [0.2, 0.25) is 0 Å². The fraction of sp³-hybridized carbons (Fsp3) is 0.100. The van der Waals surface area contributed by atoms with Crippen molar-refractivity contribution in [2.24, 2.45) is 0 Å². The van der Waals surface area contributed by atoms with Gasteiger partial charge in [-0.25, -0.2) is 4.90 Å². The van der Waals surface area contributed by atoms with Crippen LogP contribution in [0.25, 0.3) is 6.08 Å². The third kappa shape index (κ3) is 4.27. The maximum Gasteiger partial charge on any atom is 0.298 e. The van der Waals surface area contributed by atoms with Gasteiger partial charge >= 0.3 is 0 Å². The molecule has 2 aromatic carbocycles. The van der Waals surface area contributed by atoms with Crippen LogP contribution in [-0.4, -0.2) is 24.9 Å². The summed E-state index contributed by atoms with van der Waals surface area (Å²) in [4.78, 5) is 26.6. The fourth-order valence-electron chi connectivity index (χ4n) is 2.50. The molecule has 3 rings (SSSR count). The number of halogens is 2. The second-order valence-corrected chi connectivity index (χ2v) is 7.90. The van der Waals surface area contributed by atoms with E-state index in [9.17, 15) is 9.59 Å². The number of nitrogens with zero attached hydrogens (tertiary/aromatic N) is 1. The molecule has 0 unspecified atom stereocenters. The highest BCUT2D eigenvalue weighted by atomic mass is 79.9. The van der Waals surface area contributed by atoms with E-state index in [0.29, 0.717) is 43.8 Å². The molecular weight excluding hydrogens is 466 g/mol. The van der Waals surface area contributed by atoms with Gasteiger partial charge in [-0.15, -0.1) is 0 Å². The zero-order valence-corrected chi connectivity index (χ0v) is 17.9. The van der Waals surface area contributed by atoms with Crippen LogP contribution in [0.5, 0.6) is 11.5 Å². The Hall–Kier alpha value is -2.22. The van der Waals surface area contributed by atoms with Crippen LogP contribution in [0.2, 0.25) is 5.02 Å². The Labute approximate surface area is 180 Å². The third-order valence-corrected chi connectivity index (χ3v) is 5.61. The third-order valence-electron chi connectivity index (χ3n) is 3.80. The van der Waals surface area contributed by atoms with Crippen molar-refractivity contribution in [2.45, 2.75) is 0 Å². The molecule has 5 nitrogen and oxygen atoms in total. The number of benzene rings is 2. The summed E-state index contributed by atoms with van der Waals surface area (Å²) in [6.07, 6.45) is 3.28. The van der Waals surface area contributed by atoms with E-state index in [4.69, 9.17) is 21.1 Å². The number of thioether (sulfide) groups is 1. The maximum absolute atomic E-state index is 12.8. The van der Waals surface area contributed by atoms with Gasteiger partial charge in [0.05, 0.1) is 17.7 Å². The minimum absolute atomic E-state index is 0.308. The number of carbonyl (C=O) groups excluding carboxylic acids is 2. The largest absolute Gasteiger partial charge is 0.493 e. The summed E-state index contributed by atoms with van der Waals surface area (Å²) >= 11 is 10.2. The van der Waals surface area contributed by atoms with Gasteiger partial charge in [0.25, 0.3) is 11.1 Å². The number of imide groups is 1. The van der Waals surface area contributed by atoms with E-state index in [1.165, 1.54) is 7.11 Å². The summed E-state index contributed by atoms with van der Waals surface area (Å²) in [7, 11) is 1.53. The molecule has 1 aliphatic heterocycles. The Morgan fingerprint density at radius 1 is 1.21 bits per heavy atom. The van der Waals surface area contributed by atoms with Crippen LogP contribution in [0.3, 0.4) is 0 Å². The molecule has 28 heavy (non-hydrogen) atoms. The van der Waals surface area contributed by atoms with Gasteiger partial charge < -0.3 is 9.47 Å². The predicted octanol–water partition coefficient (Wildman–Crippen LogP) is 5.92. The normalized spacial score (nSPS) is 15.2. The lowest BCUT2D eigenvalue weighted by Gasteiger charge is -2.13. The molecule has 2 aromatic rings. The zero-order valence-electron chi connectivity index (χ0n) is 14.8. The zero-order chi connectivity index (χ0) is 20.3. The van der Waals surface area contributed by atoms with Crippen LogP contribution in [0.1, 0.15) is 5.56 Å². The lowest BCUT2D eigenvalue weighted by Crippen LogP contribution is -2.27. The molecule has 2 amide bonds. The van der Waals surface area contributed by atoms with E-state index < -0.39 is 5.91 Å². The number of rotatable bonds is 6. The van der Waals surface area contributed by atoms with Gasteiger partial charge in [-0.1, -0.05) is 40.2 Å². The van der Waals surface area contributed by atoms with Gasteiger partial charge in [0.15, 0.2) is 11.5 Å². The average Bonchev–Trinajstić information content (AvgIpc) is 2.96. The van der Waals surface area contributed by atoms with E-state index in [1.807, 2.05) is 0 Å². The second kappa shape index (κ2) is 8.86. The van der Waals surface area contributed by atoms with Crippen LogP contribution < -0.4 is 14.4 Å². The standard InChI is InChI=1S/C20H15BrClNO4S/c1-3-8-27-17-11-15(21)12(9-16(17)26-2)10-18-19(24)23(20(25)28-18)14-6-4-13(22)5-7-14/h3-7,9-11H,1,8H2,2H3/b18-10+. The number of hydrogen-bond donors (Lipinski definition) is 0. The van der Waals surface area contributed by atoms with Crippen molar-refractivity contribution in [3.63, 3.8) is 0 Å². The molecule has 1 fully saturated rings. The predicted molar refractivity (Wildman–Crippen MR) is 116 cm³/mol. The van der Waals surface area contributed by atoms with Crippen molar-refractivity contribution in [1.82, 2.24) is 0 Å². The molecule has 0 atom stereocenters. The summed E-state index contributed by atoms with van der Waals surface area (Å²) in [6, 6.07) is 10.0. The molecule has 1 aliphatic rings. The van der Waals surface area contributed by atoms with Crippen molar-refractivity contribution in [1.29, 1.82) is 0 Å².